The van der Waals surface area contributed by atoms with Crippen molar-refractivity contribution in [3.8, 4) is 0 Å². The van der Waals surface area contributed by atoms with Crippen molar-refractivity contribution in [2.75, 3.05) is 19.6 Å². The van der Waals surface area contributed by atoms with Gasteiger partial charge in [0.1, 0.15) is 5.78 Å². The predicted octanol–water partition coefficient (Wildman–Crippen LogP) is 3.26. The van der Waals surface area contributed by atoms with Gasteiger partial charge < -0.3 is 4.90 Å². The van der Waals surface area contributed by atoms with E-state index < -0.39 is 0 Å². The maximum Gasteiger partial charge on any atom is 0.136 e. The third-order valence-corrected chi connectivity index (χ3v) is 4.74. The molecule has 1 saturated carbocycles. The van der Waals surface area contributed by atoms with Crippen LogP contribution in [-0.2, 0) is 4.79 Å². The van der Waals surface area contributed by atoms with Gasteiger partial charge in [-0.05, 0) is 64.1 Å². The Morgan fingerprint density at radius 3 is 2.76 bits per heavy atom. The van der Waals surface area contributed by atoms with Crippen molar-refractivity contribution in [1.29, 1.82) is 0 Å². The van der Waals surface area contributed by atoms with Gasteiger partial charge >= 0.3 is 0 Å². The molecular weight excluding hydrogens is 210 g/mol. The van der Waals surface area contributed by atoms with Crippen LogP contribution in [0.2, 0.25) is 0 Å². The monoisotopic (exact) mass is 237 g/mol. The van der Waals surface area contributed by atoms with Crippen LogP contribution in [0.3, 0.4) is 0 Å². The first-order valence-corrected chi connectivity index (χ1v) is 7.54. The summed E-state index contributed by atoms with van der Waals surface area (Å²) in [6.07, 6.45) is 9.75. The van der Waals surface area contributed by atoms with Gasteiger partial charge in [-0.15, -0.1) is 0 Å². The van der Waals surface area contributed by atoms with Gasteiger partial charge in [0.25, 0.3) is 0 Å². The van der Waals surface area contributed by atoms with Crippen LogP contribution in [0.5, 0.6) is 0 Å². The minimum absolute atomic E-state index is 0.403. The van der Waals surface area contributed by atoms with Gasteiger partial charge in [0.05, 0.1) is 0 Å². The second kappa shape index (κ2) is 6.53. The first-order chi connectivity index (χ1) is 8.29. The first-order valence-electron chi connectivity index (χ1n) is 7.54. The van der Waals surface area contributed by atoms with Gasteiger partial charge in [-0.3, -0.25) is 4.79 Å². The van der Waals surface area contributed by atoms with Gasteiger partial charge in [-0.2, -0.15) is 0 Å². The van der Waals surface area contributed by atoms with E-state index in [0.717, 1.165) is 38.1 Å². The molecule has 0 radical (unpaired) electrons. The van der Waals surface area contributed by atoms with Crippen LogP contribution < -0.4 is 0 Å². The molecule has 2 aliphatic rings. The molecule has 2 unspecified atom stereocenters. The van der Waals surface area contributed by atoms with Crippen molar-refractivity contribution in [2.45, 2.75) is 58.3 Å². The van der Waals surface area contributed by atoms with Crippen molar-refractivity contribution in [2.24, 2.45) is 11.8 Å². The lowest BCUT2D eigenvalue weighted by Gasteiger charge is -2.21. The van der Waals surface area contributed by atoms with Crippen molar-refractivity contribution in [3.63, 3.8) is 0 Å². The molecule has 1 aliphatic heterocycles. The van der Waals surface area contributed by atoms with Crippen LogP contribution in [0.25, 0.3) is 0 Å². The molecule has 0 aromatic heterocycles. The highest BCUT2D eigenvalue weighted by Gasteiger charge is 2.25. The second-order valence-electron chi connectivity index (χ2n) is 5.89. The molecule has 0 spiro atoms. The van der Waals surface area contributed by atoms with E-state index in [9.17, 15) is 4.79 Å². The third kappa shape index (κ3) is 3.80. The fraction of sp³-hybridized carbons (Fsp3) is 0.933. The maximum absolute atomic E-state index is 11.6. The minimum atomic E-state index is 0.403. The van der Waals surface area contributed by atoms with E-state index in [1.54, 1.807) is 0 Å². The summed E-state index contributed by atoms with van der Waals surface area (Å²) in [5.41, 5.74) is 0. The number of carbonyl (C=O) groups is 1. The standard InChI is InChI=1S/C15H27NO/c1-2-13-5-4-10-16(11-8-13)12-9-14-6-3-7-15(14)17/h13-14H,2-12H2,1H3. The van der Waals surface area contributed by atoms with Crippen molar-refractivity contribution >= 4 is 5.78 Å². The van der Waals surface area contributed by atoms with Crippen molar-refractivity contribution < 1.29 is 4.79 Å². The largest absolute Gasteiger partial charge is 0.303 e. The van der Waals surface area contributed by atoms with Gasteiger partial charge in [-0.25, -0.2) is 0 Å². The van der Waals surface area contributed by atoms with Crippen LogP contribution in [0.4, 0.5) is 0 Å². The smallest absolute Gasteiger partial charge is 0.136 e. The number of hydrogen-bond acceptors (Lipinski definition) is 2. The zero-order chi connectivity index (χ0) is 12.1. The number of carbonyl (C=O) groups excluding carboxylic acids is 1. The summed E-state index contributed by atoms with van der Waals surface area (Å²) in [6.45, 7) is 6.00. The number of ketones is 1. The summed E-state index contributed by atoms with van der Waals surface area (Å²) in [7, 11) is 0. The Bertz CT molecular complexity index is 251. The van der Waals surface area contributed by atoms with E-state index in [2.05, 4.69) is 11.8 Å². The number of hydrogen-bond donors (Lipinski definition) is 0. The highest BCUT2D eigenvalue weighted by atomic mass is 16.1. The molecule has 1 aliphatic carbocycles. The molecule has 2 atom stereocenters. The molecule has 0 N–H and O–H groups in total. The summed E-state index contributed by atoms with van der Waals surface area (Å²) in [4.78, 5) is 14.2. The Kier molecular flexibility index (Phi) is 5.02. The molecule has 0 aromatic carbocycles. The molecule has 2 nitrogen and oxygen atoms in total. The number of Topliss-reactive ketones (excluding diaryl/α,β-unsaturated/α-hetero) is 1. The highest BCUT2D eigenvalue weighted by Crippen LogP contribution is 2.25. The van der Waals surface area contributed by atoms with Gasteiger partial charge in [0.2, 0.25) is 0 Å². The fourth-order valence-corrected chi connectivity index (χ4v) is 3.39. The Balaban J connectivity index is 1.70. The molecular formula is C15H27NO. The summed E-state index contributed by atoms with van der Waals surface area (Å²) < 4.78 is 0. The molecule has 1 heterocycles. The van der Waals surface area contributed by atoms with E-state index in [1.165, 1.54) is 38.8 Å². The van der Waals surface area contributed by atoms with Crippen LogP contribution >= 0.6 is 0 Å². The number of likely N-dealkylation sites (tertiary alicyclic amines) is 1. The number of rotatable bonds is 4. The first kappa shape index (κ1) is 13.1. The lowest BCUT2D eigenvalue weighted by molar-refractivity contribution is -0.120. The molecule has 0 bridgehead atoms. The molecule has 2 heteroatoms. The Morgan fingerprint density at radius 1 is 1.18 bits per heavy atom. The topological polar surface area (TPSA) is 20.3 Å². The van der Waals surface area contributed by atoms with E-state index in [1.807, 2.05) is 0 Å². The minimum Gasteiger partial charge on any atom is -0.303 e. The third-order valence-electron chi connectivity index (χ3n) is 4.74. The molecule has 2 rings (SSSR count). The van der Waals surface area contributed by atoms with Crippen molar-refractivity contribution in [3.05, 3.63) is 0 Å². The van der Waals surface area contributed by atoms with E-state index in [0.29, 0.717) is 11.7 Å². The fourth-order valence-electron chi connectivity index (χ4n) is 3.39. The summed E-state index contributed by atoms with van der Waals surface area (Å²) in [6, 6.07) is 0. The zero-order valence-electron chi connectivity index (χ0n) is 11.3. The quantitative estimate of drug-likeness (QED) is 0.748. The Hall–Kier alpha value is -0.370. The van der Waals surface area contributed by atoms with Crippen LogP contribution in [-0.4, -0.2) is 30.3 Å². The Morgan fingerprint density at radius 2 is 2.06 bits per heavy atom. The van der Waals surface area contributed by atoms with Crippen LogP contribution in [0, 0.1) is 11.8 Å². The van der Waals surface area contributed by atoms with E-state index in [4.69, 9.17) is 0 Å². The molecule has 0 aromatic rings. The lowest BCUT2D eigenvalue weighted by atomic mass is 9.98. The summed E-state index contributed by atoms with van der Waals surface area (Å²) in [5, 5.41) is 0. The van der Waals surface area contributed by atoms with E-state index >= 15 is 0 Å². The SMILES string of the molecule is CCC1CCCN(CCC2CCCC2=O)CC1. The molecule has 1 saturated heterocycles. The summed E-state index contributed by atoms with van der Waals surface area (Å²) >= 11 is 0. The maximum atomic E-state index is 11.6. The number of nitrogens with zero attached hydrogens (tertiary/aromatic N) is 1. The average molecular weight is 237 g/mol. The second-order valence-corrected chi connectivity index (χ2v) is 5.89. The molecule has 17 heavy (non-hydrogen) atoms. The van der Waals surface area contributed by atoms with E-state index in [-0.39, 0.29) is 0 Å². The average Bonchev–Trinajstić information content (AvgIpc) is 2.63. The van der Waals surface area contributed by atoms with Gasteiger partial charge in [0, 0.05) is 12.3 Å². The Labute approximate surface area is 106 Å². The molecule has 0 amide bonds. The van der Waals surface area contributed by atoms with Crippen molar-refractivity contribution in [1.82, 2.24) is 4.90 Å². The summed E-state index contributed by atoms with van der Waals surface area (Å²) in [5.74, 6) is 1.89. The predicted molar refractivity (Wildman–Crippen MR) is 71.0 cm³/mol. The molecule has 2 fully saturated rings. The van der Waals surface area contributed by atoms with Gasteiger partial charge in [-0.1, -0.05) is 13.3 Å². The molecule has 98 valence electrons. The highest BCUT2D eigenvalue weighted by molar-refractivity contribution is 5.82. The zero-order valence-corrected chi connectivity index (χ0v) is 11.3. The normalized spacial score (nSPS) is 31.7. The van der Waals surface area contributed by atoms with Gasteiger partial charge in [0.15, 0.2) is 0 Å². The lowest BCUT2D eigenvalue weighted by Crippen LogP contribution is -2.28. The van der Waals surface area contributed by atoms with Crippen LogP contribution in [0.1, 0.15) is 58.3 Å². The van der Waals surface area contributed by atoms with Crippen LogP contribution in [0.15, 0.2) is 0 Å².